The second-order valence-electron chi connectivity index (χ2n) is 3.78. The van der Waals surface area contributed by atoms with Gasteiger partial charge in [0.2, 0.25) is 0 Å². The summed E-state index contributed by atoms with van der Waals surface area (Å²) < 4.78 is 0. The Bertz CT molecular complexity index is 372. The molecule has 0 radical (unpaired) electrons. The highest BCUT2D eigenvalue weighted by atomic mass is 16.1. The van der Waals surface area contributed by atoms with Crippen molar-refractivity contribution >= 4 is 12.5 Å². The van der Waals surface area contributed by atoms with E-state index in [1.165, 1.54) is 0 Å². The monoisotopic (exact) mass is 218 g/mol. The highest BCUT2D eigenvalue weighted by Crippen LogP contribution is 2.07. The molecular formula is C13H18N2O. The Morgan fingerprint density at radius 1 is 1.50 bits per heavy atom. The number of aromatic nitrogens is 1. The minimum absolute atomic E-state index is 0.429. The number of aliphatic imine (C=N–C) groups is 1. The Labute approximate surface area is 96.6 Å². The molecule has 0 bridgehead atoms. The van der Waals surface area contributed by atoms with E-state index in [1.54, 1.807) is 6.20 Å². The van der Waals surface area contributed by atoms with E-state index in [1.807, 2.05) is 19.2 Å². The third-order valence-corrected chi connectivity index (χ3v) is 2.34. The summed E-state index contributed by atoms with van der Waals surface area (Å²) in [7, 11) is 0. The summed E-state index contributed by atoms with van der Waals surface area (Å²) in [4.78, 5) is 19.1. The van der Waals surface area contributed by atoms with Gasteiger partial charge >= 0.3 is 0 Å². The maximum Gasteiger partial charge on any atom is 0.124 e. The molecule has 16 heavy (non-hydrogen) atoms. The molecule has 3 nitrogen and oxygen atoms in total. The summed E-state index contributed by atoms with van der Waals surface area (Å²) >= 11 is 0. The normalized spacial score (nSPS) is 10.9. The molecule has 3 heteroatoms. The van der Waals surface area contributed by atoms with Crippen LogP contribution in [0.25, 0.3) is 0 Å². The van der Waals surface area contributed by atoms with Crippen molar-refractivity contribution in [1.29, 1.82) is 0 Å². The second-order valence-corrected chi connectivity index (χ2v) is 3.78. The molecule has 0 aromatic carbocycles. The predicted octanol–water partition coefficient (Wildman–Crippen LogP) is 2.35. The Kier molecular flexibility index (Phi) is 5.40. The first-order valence-electron chi connectivity index (χ1n) is 5.67. The third-order valence-electron chi connectivity index (χ3n) is 2.34. The van der Waals surface area contributed by atoms with E-state index in [0.717, 1.165) is 42.5 Å². The fourth-order valence-electron chi connectivity index (χ4n) is 1.42. The van der Waals surface area contributed by atoms with E-state index in [-0.39, 0.29) is 0 Å². The van der Waals surface area contributed by atoms with Crippen LogP contribution in [0, 0.1) is 6.92 Å². The van der Waals surface area contributed by atoms with Crippen molar-refractivity contribution in [3.63, 3.8) is 0 Å². The molecule has 0 aliphatic carbocycles. The topological polar surface area (TPSA) is 42.3 Å². The molecule has 0 saturated carbocycles. The molecule has 86 valence electrons. The molecule has 0 atom stereocenters. The van der Waals surface area contributed by atoms with Crippen molar-refractivity contribution in [2.75, 3.05) is 6.54 Å². The van der Waals surface area contributed by atoms with Crippen molar-refractivity contribution in [3.8, 4) is 0 Å². The van der Waals surface area contributed by atoms with Crippen molar-refractivity contribution in [1.82, 2.24) is 4.98 Å². The van der Waals surface area contributed by atoms with Crippen LogP contribution in [0.1, 0.15) is 36.6 Å². The van der Waals surface area contributed by atoms with Crippen LogP contribution in [-0.4, -0.2) is 24.0 Å². The average molecular weight is 218 g/mol. The van der Waals surface area contributed by atoms with Gasteiger partial charge in [-0.05, 0) is 25.0 Å². The Balaban J connectivity index is 2.77. The van der Waals surface area contributed by atoms with Gasteiger partial charge in [0.25, 0.3) is 0 Å². The number of carbonyl (C=O) groups is 1. The van der Waals surface area contributed by atoms with Crippen LogP contribution in [0.15, 0.2) is 17.3 Å². The van der Waals surface area contributed by atoms with Crippen molar-refractivity contribution in [2.45, 2.75) is 33.1 Å². The summed E-state index contributed by atoms with van der Waals surface area (Å²) in [6.45, 7) is 4.90. The lowest BCUT2D eigenvalue weighted by Gasteiger charge is -2.02. The Hall–Kier alpha value is -1.51. The number of aldehydes is 1. The van der Waals surface area contributed by atoms with E-state index in [9.17, 15) is 4.79 Å². The zero-order valence-corrected chi connectivity index (χ0v) is 9.94. The minimum atomic E-state index is 0.429. The highest BCUT2D eigenvalue weighted by Gasteiger charge is 2.00. The third kappa shape index (κ3) is 3.93. The molecule has 0 amide bonds. The van der Waals surface area contributed by atoms with Crippen LogP contribution in [0.4, 0.5) is 0 Å². The van der Waals surface area contributed by atoms with Crippen LogP contribution in [0.3, 0.4) is 0 Å². The molecule has 0 N–H and O–H groups in total. The van der Waals surface area contributed by atoms with Crippen LogP contribution in [0.5, 0.6) is 0 Å². The maximum absolute atomic E-state index is 10.5. The van der Waals surface area contributed by atoms with Gasteiger partial charge in [-0.3, -0.25) is 9.98 Å². The largest absolute Gasteiger partial charge is 0.303 e. The number of nitrogens with zero attached hydrogens (tertiary/aromatic N) is 2. The fraction of sp³-hybridized carbons (Fsp3) is 0.462. The van der Waals surface area contributed by atoms with Gasteiger partial charge in [-0.1, -0.05) is 13.3 Å². The van der Waals surface area contributed by atoms with Crippen molar-refractivity contribution in [2.24, 2.45) is 4.99 Å². The van der Waals surface area contributed by atoms with E-state index in [4.69, 9.17) is 0 Å². The number of rotatable bonds is 6. The molecule has 1 heterocycles. The van der Waals surface area contributed by atoms with Gasteiger partial charge in [-0.15, -0.1) is 0 Å². The molecule has 0 spiro atoms. The maximum atomic E-state index is 10.5. The first-order chi connectivity index (χ1) is 7.77. The van der Waals surface area contributed by atoms with E-state index in [0.29, 0.717) is 6.42 Å². The van der Waals surface area contributed by atoms with Gasteiger partial charge in [-0.25, -0.2) is 0 Å². The lowest BCUT2D eigenvalue weighted by Crippen LogP contribution is -1.98. The Morgan fingerprint density at radius 3 is 3.00 bits per heavy atom. The van der Waals surface area contributed by atoms with Gasteiger partial charge in [-0.2, -0.15) is 0 Å². The predicted molar refractivity (Wildman–Crippen MR) is 66.1 cm³/mol. The minimum Gasteiger partial charge on any atom is -0.303 e. The SMILES string of the molecule is CCCCN=Cc1cnc(C)cc1CC=O. The van der Waals surface area contributed by atoms with Crippen LogP contribution in [-0.2, 0) is 11.2 Å². The van der Waals surface area contributed by atoms with E-state index >= 15 is 0 Å². The van der Waals surface area contributed by atoms with E-state index < -0.39 is 0 Å². The van der Waals surface area contributed by atoms with Gasteiger partial charge in [0.1, 0.15) is 6.29 Å². The number of hydrogen-bond donors (Lipinski definition) is 0. The molecule has 1 aromatic rings. The van der Waals surface area contributed by atoms with Gasteiger partial charge < -0.3 is 4.79 Å². The quantitative estimate of drug-likeness (QED) is 0.418. The number of pyridine rings is 1. The second kappa shape index (κ2) is 6.88. The van der Waals surface area contributed by atoms with Crippen LogP contribution in [0.2, 0.25) is 0 Å². The summed E-state index contributed by atoms with van der Waals surface area (Å²) in [5.41, 5.74) is 2.89. The highest BCUT2D eigenvalue weighted by molar-refractivity contribution is 5.82. The van der Waals surface area contributed by atoms with Gasteiger partial charge in [0.15, 0.2) is 0 Å². The van der Waals surface area contributed by atoms with Gasteiger partial charge in [0.05, 0.1) is 0 Å². The molecule has 0 aliphatic rings. The first-order valence-corrected chi connectivity index (χ1v) is 5.67. The van der Waals surface area contributed by atoms with Gasteiger partial charge in [0, 0.05) is 36.6 Å². The average Bonchev–Trinajstić information content (AvgIpc) is 2.27. The molecule has 0 saturated heterocycles. The Morgan fingerprint density at radius 2 is 2.31 bits per heavy atom. The zero-order chi connectivity index (χ0) is 11.8. The summed E-state index contributed by atoms with van der Waals surface area (Å²) in [5, 5.41) is 0. The smallest absolute Gasteiger partial charge is 0.124 e. The lowest BCUT2D eigenvalue weighted by molar-refractivity contribution is -0.107. The number of unbranched alkanes of at least 4 members (excludes halogenated alkanes) is 1. The molecule has 0 fully saturated rings. The van der Waals surface area contributed by atoms with Crippen molar-refractivity contribution < 1.29 is 4.79 Å². The molecule has 0 aliphatic heterocycles. The molecule has 1 aromatic heterocycles. The number of aryl methyl sites for hydroxylation is 1. The first kappa shape index (κ1) is 12.6. The standard InChI is InChI=1S/C13H18N2O/c1-3-4-6-14-9-13-10-15-11(2)8-12(13)5-7-16/h7-10H,3-6H2,1-2H3. The molecular weight excluding hydrogens is 200 g/mol. The summed E-state index contributed by atoms with van der Waals surface area (Å²) in [5.74, 6) is 0. The number of carbonyl (C=O) groups excluding carboxylic acids is 1. The number of hydrogen-bond acceptors (Lipinski definition) is 3. The zero-order valence-electron chi connectivity index (χ0n) is 9.94. The summed E-state index contributed by atoms with van der Waals surface area (Å²) in [6.07, 6.45) is 7.19. The van der Waals surface area contributed by atoms with Crippen molar-refractivity contribution in [3.05, 3.63) is 29.1 Å². The lowest BCUT2D eigenvalue weighted by atomic mass is 10.1. The summed E-state index contributed by atoms with van der Waals surface area (Å²) in [6, 6.07) is 1.94. The van der Waals surface area contributed by atoms with Crippen LogP contribution < -0.4 is 0 Å². The van der Waals surface area contributed by atoms with E-state index in [2.05, 4.69) is 16.9 Å². The van der Waals surface area contributed by atoms with Crippen LogP contribution >= 0.6 is 0 Å². The fourth-order valence-corrected chi connectivity index (χ4v) is 1.42. The molecule has 0 unspecified atom stereocenters. The molecule has 1 rings (SSSR count).